The Bertz CT molecular complexity index is 844. The number of hydrogen-bond donors (Lipinski definition) is 2. The average Bonchev–Trinajstić information content (AvgIpc) is 2.51. The first-order chi connectivity index (χ1) is 10.9. The topological polar surface area (TPSA) is 114 Å². The number of hydrogen-bond acceptors (Lipinski definition) is 5. The van der Waals surface area contributed by atoms with Crippen LogP contribution in [0.3, 0.4) is 0 Å². The molecule has 0 aliphatic carbocycles. The van der Waals surface area contributed by atoms with Crippen molar-refractivity contribution in [2.24, 2.45) is 5.14 Å². The Morgan fingerprint density at radius 1 is 1.26 bits per heavy atom. The molecule has 0 fully saturated rings. The highest BCUT2D eigenvalue weighted by atomic mass is 32.2. The molecule has 0 saturated heterocycles. The Morgan fingerprint density at radius 3 is 2.65 bits per heavy atom. The molecule has 120 valence electrons. The van der Waals surface area contributed by atoms with Crippen molar-refractivity contribution >= 4 is 15.9 Å². The third-order valence-electron chi connectivity index (χ3n) is 2.92. The molecule has 0 amide bonds. The van der Waals surface area contributed by atoms with E-state index in [0.717, 1.165) is 5.56 Å². The summed E-state index contributed by atoms with van der Waals surface area (Å²) < 4.78 is 35.1. The fourth-order valence-electron chi connectivity index (χ4n) is 1.93. The summed E-state index contributed by atoms with van der Waals surface area (Å²) >= 11 is 0. The first kappa shape index (κ1) is 16.6. The highest BCUT2D eigenvalue weighted by Crippen LogP contribution is 2.27. The number of benzene rings is 2. The van der Waals surface area contributed by atoms with Crippen LogP contribution in [0, 0.1) is 11.3 Å². The minimum atomic E-state index is -3.98. The first-order valence-corrected chi connectivity index (χ1v) is 8.07. The average molecular weight is 333 g/mol. The summed E-state index contributed by atoms with van der Waals surface area (Å²) in [5, 5.41) is 14.2. The molecule has 0 spiro atoms. The summed E-state index contributed by atoms with van der Waals surface area (Å²) in [5.74, 6) is 0.945. The van der Waals surface area contributed by atoms with Crippen molar-refractivity contribution in [3.05, 3.63) is 53.6 Å². The third kappa shape index (κ3) is 4.60. The van der Waals surface area contributed by atoms with Gasteiger partial charge in [-0.3, -0.25) is 4.72 Å². The zero-order valence-electron chi connectivity index (χ0n) is 12.3. The van der Waals surface area contributed by atoms with Crippen molar-refractivity contribution < 1.29 is 17.9 Å². The van der Waals surface area contributed by atoms with E-state index in [0.29, 0.717) is 5.75 Å². The van der Waals surface area contributed by atoms with Crippen LogP contribution >= 0.6 is 0 Å². The molecule has 0 unspecified atom stereocenters. The number of nitrogens with zero attached hydrogens (tertiary/aromatic N) is 1. The monoisotopic (exact) mass is 333 g/mol. The Hall–Kier alpha value is -2.76. The summed E-state index contributed by atoms with van der Waals surface area (Å²) in [6.45, 7) is 0.199. The van der Waals surface area contributed by atoms with E-state index in [9.17, 15) is 13.7 Å². The van der Waals surface area contributed by atoms with E-state index in [1.807, 2.05) is 18.2 Å². The SMILES string of the molecule is COc1cccc(COc2cccc(NS(N)(=O)=O)c2C#N)c1. The van der Waals surface area contributed by atoms with E-state index in [-0.39, 0.29) is 23.6 Å². The van der Waals surface area contributed by atoms with E-state index in [1.54, 1.807) is 31.4 Å². The van der Waals surface area contributed by atoms with Crippen LogP contribution in [0.15, 0.2) is 42.5 Å². The van der Waals surface area contributed by atoms with Crippen LogP contribution < -0.4 is 19.3 Å². The largest absolute Gasteiger partial charge is 0.497 e. The normalized spacial score (nSPS) is 10.7. The van der Waals surface area contributed by atoms with Crippen molar-refractivity contribution in [3.8, 4) is 17.6 Å². The number of nitrogens with one attached hydrogen (secondary N) is 1. The van der Waals surface area contributed by atoms with Gasteiger partial charge in [0.15, 0.2) is 0 Å². The van der Waals surface area contributed by atoms with Gasteiger partial charge >= 0.3 is 0 Å². The molecule has 0 aliphatic rings. The number of anilines is 1. The molecule has 0 aliphatic heterocycles. The van der Waals surface area contributed by atoms with Gasteiger partial charge in [-0.25, -0.2) is 5.14 Å². The smallest absolute Gasteiger partial charge is 0.296 e. The molecule has 3 N–H and O–H groups in total. The third-order valence-corrected chi connectivity index (χ3v) is 3.42. The number of rotatable bonds is 6. The highest BCUT2D eigenvalue weighted by molar-refractivity contribution is 7.90. The van der Waals surface area contributed by atoms with Gasteiger partial charge in [0.1, 0.15) is 29.7 Å². The molecular formula is C15H15N3O4S. The van der Waals surface area contributed by atoms with Gasteiger partial charge < -0.3 is 9.47 Å². The molecule has 0 bridgehead atoms. The maximum atomic E-state index is 11.1. The summed E-state index contributed by atoms with van der Waals surface area (Å²) in [5.41, 5.74) is 0.973. The zero-order chi connectivity index (χ0) is 16.9. The van der Waals surface area contributed by atoms with Gasteiger partial charge in [0.2, 0.25) is 0 Å². The molecule has 0 saturated carbocycles. The van der Waals surface area contributed by atoms with Crippen LogP contribution in [0.25, 0.3) is 0 Å². The summed E-state index contributed by atoms with van der Waals surface area (Å²) in [6, 6.07) is 13.8. The van der Waals surface area contributed by atoms with Gasteiger partial charge in [-0.15, -0.1) is 0 Å². The molecule has 0 atom stereocenters. The van der Waals surface area contributed by atoms with E-state index >= 15 is 0 Å². The van der Waals surface area contributed by atoms with E-state index in [4.69, 9.17) is 14.6 Å². The molecule has 0 radical (unpaired) electrons. The van der Waals surface area contributed by atoms with Gasteiger partial charge in [-0.2, -0.15) is 13.7 Å². The lowest BCUT2D eigenvalue weighted by Gasteiger charge is -2.12. The Kier molecular flexibility index (Phi) is 5.05. The molecule has 7 nitrogen and oxygen atoms in total. The van der Waals surface area contributed by atoms with Gasteiger partial charge in [0, 0.05) is 0 Å². The lowest BCUT2D eigenvalue weighted by atomic mass is 10.2. The van der Waals surface area contributed by atoms with Crippen molar-refractivity contribution in [1.82, 2.24) is 0 Å². The highest BCUT2D eigenvalue weighted by Gasteiger charge is 2.13. The lowest BCUT2D eigenvalue weighted by Crippen LogP contribution is -2.22. The number of ether oxygens (including phenoxy) is 2. The van der Waals surface area contributed by atoms with Gasteiger partial charge in [-0.05, 0) is 29.8 Å². The van der Waals surface area contributed by atoms with Crippen LogP contribution in [0.4, 0.5) is 5.69 Å². The Balaban J connectivity index is 2.23. The van der Waals surface area contributed by atoms with Crippen molar-refractivity contribution in [3.63, 3.8) is 0 Å². The molecule has 2 aromatic rings. The predicted molar refractivity (Wildman–Crippen MR) is 85.2 cm³/mol. The van der Waals surface area contributed by atoms with Crippen LogP contribution in [-0.4, -0.2) is 15.5 Å². The second-order valence-corrected chi connectivity index (χ2v) is 5.87. The van der Waals surface area contributed by atoms with Gasteiger partial charge in [-0.1, -0.05) is 18.2 Å². The molecule has 0 aromatic heterocycles. The van der Waals surface area contributed by atoms with Crippen molar-refractivity contribution in [2.75, 3.05) is 11.8 Å². The Morgan fingerprint density at radius 2 is 2.00 bits per heavy atom. The molecule has 2 aromatic carbocycles. The van der Waals surface area contributed by atoms with Crippen LogP contribution in [0.5, 0.6) is 11.5 Å². The zero-order valence-corrected chi connectivity index (χ0v) is 13.1. The summed E-state index contributed by atoms with van der Waals surface area (Å²) in [4.78, 5) is 0. The van der Waals surface area contributed by atoms with E-state index < -0.39 is 10.2 Å². The molecule has 8 heteroatoms. The maximum Gasteiger partial charge on any atom is 0.296 e. The van der Waals surface area contributed by atoms with E-state index in [2.05, 4.69) is 4.72 Å². The number of nitriles is 1. The molecule has 23 heavy (non-hydrogen) atoms. The minimum absolute atomic E-state index is 0.0596. The van der Waals surface area contributed by atoms with Crippen molar-refractivity contribution in [1.29, 1.82) is 5.26 Å². The predicted octanol–water partition coefficient (Wildman–Crippen LogP) is 1.76. The van der Waals surface area contributed by atoms with Crippen LogP contribution in [0.2, 0.25) is 0 Å². The second-order valence-electron chi connectivity index (χ2n) is 4.58. The van der Waals surface area contributed by atoms with E-state index in [1.165, 1.54) is 6.07 Å². The van der Waals surface area contributed by atoms with Gasteiger partial charge in [0.25, 0.3) is 10.2 Å². The molecule has 0 heterocycles. The minimum Gasteiger partial charge on any atom is -0.497 e. The second kappa shape index (κ2) is 7.00. The maximum absolute atomic E-state index is 11.1. The van der Waals surface area contributed by atoms with Crippen LogP contribution in [-0.2, 0) is 16.8 Å². The molecular weight excluding hydrogens is 318 g/mol. The van der Waals surface area contributed by atoms with Crippen LogP contribution in [0.1, 0.15) is 11.1 Å². The first-order valence-electron chi connectivity index (χ1n) is 6.52. The summed E-state index contributed by atoms with van der Waals surface area (Å²) in [7, 11) is -2.41. The molecule has 2 rings (SSSR count). The standard InChI is InChI=1S/C15H15N3O4S/c1-21-12-5-2-4-11(8-12)10-22-15-7-3-6-14(13(15)9-16)18-23(17,19)20/h2-8,18H,10H2,1H3,(H2,17,19,20). The van der Waals surface area contributed by atoms with Crippen molar-refractivity contribution in [2.45, 2.75) is 6.61 Å². The summed E-state index contributed by atoms with van der Waals surface area (Å²) in [6.07, 6.45) is 0. The fourth-order valence-corrected chi connectivity index (χ4v) is 2.41. The lowest BCUT2D eigenvalue weighted by molar-refractivity contribution is 0.304. The van der Waals surface area contributed by atoms with Gasteiger partial charge in [0.05, 0.1) is 12.8 Å². The number of nitrogens with two attached hydrogens (primary N) is 1. The fraction of sp³-hybridized carbons (Fsp3) is 0.133. The Labute approximate surface area is 134 Å². The number of methoxy groups -OCH3 is 1. The quantitative estimate of drug-likeness (QED) is 0.836.